The van der Waals surface area contributed by atoms with Crippen molar-refractivity contribution in [2.75, 3.05) is 19.7 Å². The second-order valence-corrected chi connectivity index (χ2v) is 11.4. The van der Waals surface area contributed by atoms with Crippen LogP contribution in [0.1, 0.15) is 47.0 Å². The summed E-state index contributed by atoms with van der Waals surface area (Å²) in [6.07, 6.45) is 4.20. The molecule has 0 saturated carbocycles. The van der Waals surface area contributed by atoms with E-state index >= 15 is 0 Å². The number of carboxylic acids is 1. The Kier molecular flexibility index (Phi) is 8.03. The molecular weight excluding hydrogens is 553 g/mol. The van der Waals surface area contributed by atoms with Crippen LogP contribution in [0.4, 0.5) is 0 Å². The molecule has 2 aliphatic rings. The molecule has 6 rings (SSSR count). The molecule has 0 bridgehead atoms. The van der Waals surface area contributed by atoms with Crippen molar-refractivity contribution in [2.24, 2.45) is 5.92 Å². The second kappa shape index (κ2) is 11.8. The predicted molar refractivity (Wildman–Crippen MR) is 152 cm³/mol. The van der Waals surface area contributed by atoms with Gasteiger partial charge in [-0.3, -0.25) is 4.90 Å². The van der Waals surface area contributed by atoms with Crippen molar-refractivity contribution in [3.05, 3.63) is 81.5 Å². The maximum Gasteiger partial charge on any atom is 0.335 e. The molecule has 0 radical (unpaired) electrons. The van der Waals surface area contributed by atoms with Crippen LogP contribution >= 0.6 is 23.2 Å². The summed E-state index contributed by atoms with van der Waals surface area (Å²) < 4.78 is 19.7. The molecular formula is C30H31Cl2N3O5. The van der Waals surface area contributed by atoms with Crippen LogP contribution in [0.25, 0.3) is 11.0 Å². The summed E-state index contributed by atoms with van der Waals surface area (Å²) in [6, 6.07) is 14.3. The number of rotatable bonds is 10. The Bertz CT molecular complexity index is 1500. The van der Waals surface area contributed by atoms with Crippen molar-refractivity contribution in [1.29, 1.82) is 0 Å². The van der Waals surface area contributed by atoms with Crippen molar-refractivity contribution >= 4 is 40.2 Å². The summed E-state index contributed by atoms with van der Waals surface area (Å²) in [5.41, 5.74) is 1.96. The molecule has 210 valence electrons. The van der Waals surface area contributed by atoms with E-state index in [-0.39, 0.29) is 11.7 Å². The van der Waals surface area contributed by atoms with Gasteiger partial charge in [-0.15, -0.1) is 0 Å². The van der Waals surface area contributed by atoms with E-state index in [0.717, 1.165) is 80.3 Å². The third-order valence-corrected chi connectivity index (χ3v) is 8.33. The van der Waals surface area contributed by atoms with Crippen LogP contribution < -0.4 is 4.74 Å². The zero-order chi connectivity index (χ0) is 27.6. The van der Waals surface area contributed by atoms with Gasteiger partial charge in [-0.25, -0.2) is 9.78 Å². The monoisotopic (exact) mass is 583 g/mol. The molecule has 2 aliphatic heterocycles. The number of nitrogens with zero attached hydrogens (tertiary/aromatic N) is 3. The van der Waals surface area contributed by atoms with Gasteiger partial charge in [0.05, 0.1) is 40.8 Å². The molecule has 0 amide bonds. The van der Waals surface area contributed by atoms with Crippen molar-refractivity contribution in [2.45, 2.75) is 51.5 Å². The maximum atomic E-state index is 11.6. The molecule has 40 heavy (non-hydrogen) atoms. The smallest absolute Gasteiger partial charge is 0.335 e. The van der Waals surface area contributed by atoms with E-state index in [1.54, 1.807) is 36.4 Å². The number of furan rings is 1. The van der Waals surface area contributed by atoms with Gasteiger partial charge >= 0.3 is 5.97 Å². The van der Waals surface area contributed by atoms with Crippen molar-refractivity contribution in [3.8, 4) is 5.75 Å². The molecule has 2 aromatic heterocycles. The van der Waals surface area contributed by atoms with E-state index in [0.29, 0.717) is 34.9 Å². The molecule has 0 aliphatic carbocycles. The number of hydrogen-bond donors (Lipinski definition) is 1. The molecule has 1 atom stereocenters. The Labute approximate surface area is 242 Å². The number of benzene rings is 2. The van der Waals surface area contributed by atoms with Gasteiger partial charge in [-0.1, -0.05) is 23.2 Å². The van der Waals surface area contributed by atoms with Crippen LogP contribution in [0.2, 0.25) is 10.0 Å². The second-order valence-electron chi connectivity index (χ2n) is 10.6. The number of halogens is 2. The molecule has 1 N–H and O–H groups in total. The molecule has 8 nitrogen and oxygen atoms in total. The van der Waals surface area contributed by atoms with E-state index < -0.39 is 5.97 Å². The fourth-order valence-corrected chi connectivity index (χ4v) is 5.91. The van der Waals surface area contributed by atoms with E-state index in [2.05, 4.69) is 9.47 Å². The first-order valence-corrected chi connectivity index (χ1v) is 14.4. The van der Waals surface area contributed by atoms with Gasteiger partial charge in [0.15, 0.2) is 0 Å². The number of piperidine rings is 1. The summed E-state index contributed by atoms with van der Waals surface area (Å²) in [6.45, 7) is 4.45. The Balaban J connectivity index is 1.05. The Morgan fingerprint density at radius 2 is 1.85 bits per heavy atom. The fraction of sp³-hybridized carbons (Fsp3) is 0.400. The SMILES string of the molecule is O=C(O)c1ccc2nc(CN3CCC(Cc4ccc(COc5ccc(Cl)cc5Cl)o4)CC3)n(CC3CCO3)c2c1. The molecule has 0 spiro atoms. The first kappa shape index (κ1) is 27.1. The summed E-state index contributed by atoms with van der Waals surface area (Å²) in [7, 11) is 0. The summed E-state index contributed by atoms with van der Waals surface area (Å²) in [5, 5.41) is 10.5. The van der Waals surface area contributed by atoms with Crippen LogP contribution in [0.15, 0.2) is 52.9 Å². The molecule has 4 aromatic rings. The first-order valence-electron chi connectivity index (χ1n) is 13.6. The van der Waals surface area contributed by atoms with Crippen LogP contribution in [-0.2, 0) is 30.9 Å². The van der Waals surface area contributed by atoms with Gasteiger partial charge < -0.3 is 23.6 Å². The van der Waals surface area contributed by atoms with Crippen molar-refractivity contribution in [1.82, 2.24) is 14.5 Å². The minimum Gasteiger partial charge on any atom is -0.484 e. The molecule has 2 fully saturated rings. The highest BCUT2D eigenvalue weighted by Crippen LogP contribution is 2.29. The fourth-order valence-electron chi connectivity index (χ4n) is 5.45. The minimum absolute atomic E-state index is 0.155. The number of carboxylic acid groups (broad SMARTS) is 1. The number of aromatic nitrogens is 2. The topological polar surface area (TPSA) is 90.0 Å². The van der Waals surface area contributed by atoms with Gasteiger partial charge in [0, 0.05) is 18.1 Å². The largest absolute Gasteiger partial charge is 0.484 e. The number of carbonyl (C=O) groups is 1. The lowest BCUT2D eigenvalue weighted by Gasteiger charge is -2.32. The zero-order valence-corrected chi connectivity index (χ0v) is 23.5. The number of hydrogen-bond acceptors (Lipinski definition) is 6. The molecule has 10 heteroatoms. The third-order valence-electron chi connectivity index (χ3n) is 7.80. The molecule has 4 heterocycles. The Hall–Kier alpha value is -3.04. The average molecular weight is 585 g/mol. The van der Waals surface area contributed by atoms with Gasteiger partial charge in [-0.2, -0.15) is 0 Å². The summed E-state index contributed by atoms with van der Waals surface area (Å²) in [4.78, 5) is 18.9. The van der Waals surface area contributed by atoms with E-state index in [9.17, 15) is 9.90 Å². The van der Waals surface area contributed by atoms with Crippen LogP contribution in [0.3, 0.4) is 0 Å². The number of likely N-dealkylation sites (tertiary alicyclic amines) is 1. The lowest BCUT2D eigenvalue weighted by atomic mass is 9.92. The van der Waals surface area contributed by atoms with Gasteiger partial charge in [0.2, 0.25) is 0 Å². The molecule has 2 saturated heterocycles. The number of aromatic carboxylic acids is 1. The quantitative estimate of drug-likeness (QED) is 0.229. The maximum absolute atomic E-state index is 11.6. The van der Waals surface area contributed by atoms with E-state index in [4.69, 9.17) is 42.1 Å². The summed E-state index contributed by atoms with van der Waals surface area (Å²) >= 11 is 12.1. The van der Waals surface area contributed by atoms with Crippen LogP contribution in [-0.4, -0.2) is 51.3 Å². The first-order chi connectivity index (χ1) is 19.4. The van der Waals surface area contributed by atoms with Gasteiger partial charge in [0.25, 0.3) is 0 Å². The van der Waals surface area contributed by atoms with Gasteiger partial charge in [-0.05, 0) is 86.8 Å². The number of fused-ring (bicyclic) bond motifs is 1. The van der Waals surface area contributed by atoms with Crippen LogP contribution in [0, 0.1) is 5.92 Å². The Morgan fingerprint density at radius 3 is 2.58 bits per heavy atom. The highest BCUT2D eigenvalue weighted by atomic mass is 35.5. The lowest BCUT2D eigenvalue weighted by Crippen LogP contribution is -2.36. The van der Waals surface area contributed by atoms with Gasteiger partial charge in [0.1, 0.15) is 29.7 Å². The normalized spacial score (nSPS) is 18.2. The highest BCUT2D eigenvalue weighted by Gasteiger charge is 2.25. The average Bonchev–Trinajstić information content (AvgIpc) is 3.50. The summed E-state index contributed by atoms with van der Waals surface area (Å²) in [5.74, 6) is 2.88. The predicted octanol–water partition coefficient (Wildman–Crippen LogP) is 6.46. The zero-order valence-electron chi connectivity index (χ0n) is 22.0. The Morgan fingerprint density at radius 1 is 1.05 bits per heavy atom. The standard InChI is InChI=1S/C30H31Cl2N3O5/c31-21-2-6-28(25(32)15-21)39-18-24-4-3-22(40-24)13-19-7-10-34(11-8-19)17-29-33-26-5-1-20(30(36)37)14-27(26)35(29)16-23-9-12-38-23/h1-6,14-15,19,23H,7-13,16-18H2,(H,36,37). The van der Waals surface area contributed by atoms with Crippen molar-refractivity contribution < 1.29 is 23.8 Å². The third kappa shape index (κ3) is 6.15. The molecule has 1 unspecified atom stereocenters. The van der Waals surface area contributed by atoms with Crippen molar-refractivity contribution in [3.63, 3.8) is 0 Å². The minimum atomic E-state index is -0.930. The van der Waals surface area contributed by atoms with E-state index in [1.807, 2.05) is 12.1 Å². The van der Waals surface area contributed by atoms with Crippen LogP contribution in [0.5, 0.6) is 5.75 Å². The number of imidazole rings is 1. The number of ether oxygens (including phenoxy) is 2. The lowest BCUT2D eigenvalue weighted by molar-refractivity contribution is -0.0592. The molecule has 2 aromatic carbocycles. The highest BCUT2D eigenvalue weighted by molar-refractivity contribution is 6.35. The van der Waals surface area contributed by atoms with E-state index in [1.165, 1.54) is 0 Å².